The first kappa shape index (κ1) is 15.8. The summed E-state index contributed by atoms with van der Waals surface area (Å²) in [6.45, 7) is 9.75. The van der Waals surface area contributed by atoms with Crippen LogP contribution in [0.15, 0.2) is 23.4 Å². The molecule has 1 fully saturated rings. The number of nitrogens with two attached hydrogens (primary N) is 1. The van der Waals surface area contributed by atoms with Crippen molar-refractivity contribution in [2.24, 2.45) is 10.9 Å². The molecule has 0 spiro atoms. The normalized spacial score (nSPS) is 25.2. The van der Waals surface area contributed by atoms with Crippen LogP contribution < -0.4 is 5.73 Å². The van der Waals surface area contributed by atoms with Crippen LogP contribution in [-0.2, 0) is 6.54 Å². The highest BCUT2D eigenvalue weighted by Gasteiger charge is 2.26. The van der Waals surface area contributed by atoms with E-state index in [-0.39, 0.29) is 5.84 Å². The monoisotopic (exact) mass is 290 g/mol. The van der Waals surface area contributed by atoms with E-state index in [1.54, 1.807) is 0 Å². The summed E-state index contributed by atoms with van der Waals surface area (Å²) in [4.78, 5) is 4.94. The van der Waals surface area contributed by atoms with Crippen LogP contribution in [-0.4, -0.2) is 53.1 Å². The second kappa shape index (κ2) is 6.45. The second-order valence-corrected chi connectivity index (χ2v) is 6.18. The molecule has 1 aliphatic rings. The van der Waals surface area contributed by atoms with Gasteiger partial charge >= 0.3 is 0 Å². The number of benzene rings is 1. The van der Waals surface area contributed by atoms with Gasteiger partial charge in [0.2, 0.25) is 0 Å². The van der Waals surface area contributed by atoms with Gasteiger partial charge in [-0.1, -0.05) is 17.3 Å². The largest absolute Gasteiger partial charge is 0.409 e. The summed E-state index contributed by atoms with van der Waals surface area (Å²) in [5.74, 6) is 0.159. The van der Waals surface area contributed by atoms with Gasteiger partial charge < -0.3 is 10.9 Å². The van der Waals surface area contributed by atoms with Crippen LogP contribution in [0.3, 0.4) is 0 Å². The van der Waals surface area contributed by atoms with E-state index in [1.807, 2.05) is 12.1 Å². The number of rotatable bonds is 3. The fourth-order valence-corrected chi connectivity index (χ4v) is 2.97. The third kappa shape index (κ3) is 3.54. The highest BCUT2D eigenvalue weighted by atomic mass is 16.4. The topological polar surface area (TPSA) is 65.1 Å². The lowest BCUT2D eigenvalue weighted by Crippen LogP contribution is -2.54. The molecule has 1 aliphatic heterocycles. The van der Waals surface area contributed by atoms with E-state index >= 15 is 0 Å². The molecule has 0 bridgehead atoms. The van der Waals surface area contributed by atoms with E-state index in [9.17, 15) is 0 Å². The van der Waals surface area contributed by atoms with Crippen molar-refractivity contribution in [3.05, 3.63) is 34.9 Å². The minimum atomic E-state index is 0.159. The summed E-state index contributed by atoms with van der Waals surface area (Å²) in [6, 6.07) is 7.13. The van der Waals surface area contributed by atoms with Crippen LogP contribution >= 0.6 is 0 Å². The molecule has 2 atom stereocenters. The van der Waals surface area contributed by atoms with Crippen LogP contribution in [0.2, 0.25) is 0 Å². The van der Waals surface area contributed by atoms with Gasteiger partial charge in [-0.25, -0.2) is 0 Å². The Labute approximate surface area is 127 Å². The first-order chi connectivity index (χ1) is 9.92. The van der Waals surface area contributed by atoms with E-state index in [4.69, 9.17) is 10.9 Å². The molecule has 2 unspecified atom stereocenters. The van der Waals surface area contributed by atoms with E-state index in [0.717, 1.165) is 25.2 Å². The number of hydrogen-bond acceptors (Lipinski definition) is 4. The lowest BCUT2D eigenvalue weighted by Gasteiger charge is -2.42. The predicted octanol–water partition coefficient (Wildman–Crippen LogP) is 1.61. The Morgan fingerprint density at radius 3 is 2.48 bits per heavy atom. The van der Waals surface area contributed by atoms with Crippen molar-refractivity contribution in [2.45, 2.75) is 39.4 Å². The summed E-state index contributed by atoms with van der Waals surface area (Å²) in [5.41, 5.74) is 8.87. The number of piperazine rings is 1. The number of amidine groups is 1. The lowest BCUT2D eigenvalue weighted by molar-refractivity contribution is 0.0555. The molecule has 1 aromatic carbocycles. The van der Waals surface area contributed by atoms with Crippen LogP contribution in [0.5, 0.6) is 0 Å². The number of likely N-dealkylation sites (N-methyl/N-ethyl adjacent to an activating group) is 1. The molecule has 0 aliphatic carbocycles. The van der Waals surface area contributed by atoms with Crippen molar-refractivity contribution in [3.8, 4) is 0 Å². The molecule has 2 rings (SSSR count). The Balaban J connectivity index is 2.10. The molecule has 1 heterocycles. The zero-order chi connectivity index (χ0) is 15.6. The predicted molar refractivity (Wildman–Crippen MR) is 85.7 cm³/mol. The van der Waals surface area contributed by atoms with Crippen LogP contribution in [0.4, 0.5) is 0 Å². The number of nitrogens with zero attached hydrogens (tertiary/aromatic N) is 3. The van der Waals surface area contributed by atoms with Gasteiger partial charge in [0.05, 0.1) is 0 Å². The number of oxime groups is 1. The van der Waals surface area contributed by atoms with Crippen molar-refractivity contribution in [3.63, 3.8) is 0 Å². The summed E-state index contributed by atoms with van der Waals surface area (Å²) >= 11 is 0. The van der Waals surface area contributed by atoms with E-state index < -0.39 is 0 Å². The van der Waals surface area contributed by atoms with Gasteiger partial charge in [0, 0.05) is 37.3 Å². The number of aryl methyl sites for hydroxylation is 1. The number of hydrogen-bond donors (Lipinski definition) is 2. The third-order valence-electron chi connectivity index (χ3n) is 4.58. The summed E-state index contributed by atoms with van der Waals surface area (Å²) in [7, 11) is 2.20. The molecule has 0 saturated carbocycles. The van der Waals surface area contributed by atoms with Crippen molar-refractivity contribution in [1.82, 2.24) is 9.80 Å². The minimum absolute atomic E-state index is 0.159. The quantitative estimate of drug-likeness (QED) is 0.384. The summed E-state index contributed by atoms with van der Waals surface area (Å²) in [5, 5.41) is 11.8. The molecule has 1 saturated heterocycles. The van der Waals surface area contributed by atoms with Crippen molar-refractivity contribution in [2.75, 3.05) is 20.1 Å². The van der Waals surface area contributed by atoms with Gasteiger partial charge in [0.25, 0.3) is 0 Å². The van der Waals surface area contributed by atoms with E-state index in [1.165, 1.54) is 11.1 Å². The highest BCUT2D eigenvalue weighted by molar-refractivity contribution is 5.97. The van der Waals surface area contributed by atoms with Crippen molar-refractivity contribution < 1.29 is 5.21 Å². The fourth-order valence-electron chi connectivity index (χ4n) is 2.97. The smallest absolute Gasteiger partial charge is 0.170 e. The summed E-state index contributed by atoms with van der Waals surface area (Å²) in [6.07, 6.45) is 0. The molecule has 116 valence electrons. The van der Waals surface area contributed by atoms with Gasteiger partial charge in [-0.2, -0.15) is 0 Å². The van der Waals surface area contributed by atoms with Crippen LogP contribution in [0, 0.1) is 6.92 Å². The van der Waals surface area contributed by atoms with Gasteiger partial charge in [-0.15, -0.1) is 0 Å². The van der Waals surface area contributed by atoms with Crippen molar-refractivity contribution in [1.29, 1.82) is 0 Å². The third-order valence-corrected chi connectivity index (χ3v) is 4.58. The molecule has 0 aromatic heterocycles. The van der Waals surface area contributed by atoms with Gasteiger partial charge in [0.15, 0.2) is 5.84 Å². The Kier molecular flexibility index (Phi) is 4.85. The average Bonchev–Trinajstić information content (AvgIpc) is 2.46. The van der Waals surface area contributed by atoms with Crippen molar-refractivity contribution >= 4 is 5.84 Å². The molecule has 5 nitrogen and oxygen atoms in total. The van der Waals surface area contributed by atoms with E-state index in [0.29, 0.717) is 12.1 Å². The first-order valence-electron chi connectivity index (χ1n) is 7.44. The van der Waals surface area contributed by atoms with Crippen LogP contribution in [0.1, 0.15) is 30.5 Å². The summed E-state index contributed by atoms with van der Waals surface area (Å²) < 4.78 is 0. The second-order valence-electron chi connectivity index (χ2n) is 6.18. The Hall–Kier alpha value is -1.59. The standard InChI is InChI=1S/C16H26N4O/c1-11-7-14(16(17)18-21)5-6-15(11)10-20-8-12(2)19(4)13(3)9-20/h5-7,12-13,21H,8-10H2,1-4H3,(H2,17,18). The van der Waals surface area contributed by atoms with Gasteiger partial charge in [0.1, 0.15) is 0 Å². The maximum absolute atomic E-state index is 8.74. The maximum Gasteiger partial charge on any atom is 0.170 e. The van der Waals surface area contributed by atoms with Crippen LogP contribution in [0.25, 0.3) is 0 Å². The molecule has 0 radical (unpaired) electrons. The molecule has 3 N–H and O–H groups in total. The zero-order valence-electron chi connectivity index (χ0n) is 13.4. The Morgan fingerprint density at radius 1 is 1.33 bits per heavy atom. The molecule has 5 heteroatoms. The molecular weight excluding hydrogens is 264 g/mol. The average molecular weight is 290 g/mol. The zero-order valence-corrected chi connectivity index (χ0v) is 13.4. The Morgan fingerprint density at radius 2 is 1.95 bits per heavy atom. The van der Waals surface area contributed by atoms with E-state index in [2.05, 4.69) is 48.8 Å². The SMILES string of the molecule is Cc1cc(/C(N)=N/O)ccc1CN1CC(C)N(C)C(C)C1. The van der Waals surface area contributed by atoms with Gasteiger partial charge in [-0.3, -0.25) is 9.80 Å². The minimum Gasteiger partial charge on any atom is -0.409 e. The maximum atomic E-state index is 8.74. The Bertz CT molecular complexity index is 517. The molecule has 21 heavy (non-hydrogen) atoms. The molecular formula is C16H26N4O. The molecule has 0 amide bonds. The molecule has 1 aromatic rings. The van der Waals surface area contributed by atoms with Gasteiger partial charge in [-0.05, 0) is 45.0 Å². The lowest BCUT2D eigenvalue weighted by atomic mass is 10.0. The fraction of sp³-hybridized carbons (Fsp3) is 0.562. The first-order valence-corrected chi connectivity index (χ1v) is 7.44. The highest BCUT2D eigenvalue weighted by Crippen LogP contribution is 2.18.